The first-order valence-corrected chi connectivity index (χ1v) is 9.94. The Hall–Kier alpha value is -2.26. The minimum absolute atomic E-state index is 0.0106. The van der Waals surface area contributed by atoms with Crippen molar-refractivity contribution < 1.29 is 33.3 Å². The van der Waals surface area contributed by atoms with Crippen molar-refractivity contribution in [2.24, 2.45) is 0 Å². The second kappa shape index (κ2) is 7.77. The van der Waals surface area contributed by atoms with Crippen LogP contribution in [-0.4, -0.2) is 53.3 Å². The Bertz CT molecular complexity index is 883. The van der Waals surface area contributed by atoms with Crippen LogP contribution in [0.2, 0.25) is 0 Å². The fraction of sp³-hybridized carbons (Fsp3) is 0.316. The lowest BCUT2D eigenvalue weighted by atomic mass is 9.96. The molecule has 0 saturated carbocycles. The minimum Gasteiger partial charge on any atom is -0.458 e. The van der Waals surface area contributed by atoms with Crippen LogP contribution in [0.4, 0.5) is 0 Å². The number of hydrogen-bond donors (Lipinski definition) is 3. The molecule has 0 aliphatic carbocycles. The number of rotatable bonds is 6. The monoisotopic (exact) mass is 392 g/mol. The molecule has 5 atom stereocenters. The van der Waals surface area contributed by atoms with E-state index >= 15 is 0 Å². The van der Waals surface area contributed by atoms with Gasteiger partial charge in [-0.25, -0.2) is 8.42 Å². The van der Waals surface area contributed by atoms with Crippen molar-refractivity contribution in [2.75, 3.05) is 0 Å². The highest BCUT2D eigenvalue weighted by Crippen LogP contribution is 2.32. The van der Waals surface area contributed by atoms with Crippen molar-refractivity contribution in [1.29, 1.82) is 0 Å². The number of aliphatic hydroxyl groups excluding tert-OH is 3. The van der Waals surface area contributed by atoms with Gasteiger partial charge in [0.05, 0.1) is 11.3 Å². The maximum absolute atomic E-state index is 12.9. The molecular formula is C19H20O7S. The number of carbonyl (C=O) groups excluding carboxylic acids is 1. The Morgan fingerprint density at radius 1 is 0.926 bits per heavy atom. The molecular weight excluding hydrogens is 372 g/mol. The molecule has 144 valence electrons. The fourth-order valence-electron chi connectivity index (χ4n) is 3.15. The summed E-state index contributed by atoms with van der Waals surface area (Å²) in [5.41, 5.74) is 0.343. The van der Waals surface area contributed by atoms with Gasteiger partial charge in [-0.05, 0) is 17.7 Å². The molecule has 1 heterocycles. The summed E-state index contributed by atoms with van der Waals surface area (Å²) in [6, 6.07) is 15.6. The maximum Gasteiger partial charge on any atom is 0.307 e. The second-order valence-electron chi connectivity index (χ2n) is 6.39. The Kier molecular flexibility index (Phi) is 5.61. The molecule has 8 heteroatoms. The molecule has 7 nitrogen and oxygen atoms in total. The van der Waals surface area contributed by atoms with Gasteiger partial charge in [-0.1, -0.05) is 48.5 Å². The summed E-state index contributed by atoms with van der Waals surface area (Å²) in [5.74, 6) is -0.787. The van der Waals surface area contributed by atoms with Gasteiger partial charge in [-0.3, -0.25) is 4.79 Å². The van der Waals surface area contributed by atoms with Gasteiger partial charge < -0.3 is 20.1 Å². The molecule has 1 unspecified atom stereocenters. The van der Waals surface area contributed by atoms with Gasteiger partial charge in [-0.15, -0.1) is 0 Å². The lowest BCUT2D eigenvalue weighted by Crippen LogP contribution is -2.47. The fourth-order valence-corrected chi connectivity index (χ4v) is 4.96. The first-order valence-electron chi connectivity index (χ1n) is 8.40. The van der Waals surface area contributed by atoms with Crippen LogP contribution in [0.25, 0.3) is 0 Å². The zero-order valence-corrected chi connectivity index (χ0v) is 15.1. The van der Waals surface area contributed by atoms with E-state index in [1.54, 1.807) is 48.5 Å². The maximum atomic E-state index is 12.9. The molecule has 3 N–H and O–H groups in total. The van der Waals surface area contributed by atoms with E-state index in [9.17, 15) is 28.5 Å². The van der Waals surface area contributed by atoms with Crippen molar-refractivity contribution in [1.82, 2.24) is 0 Å². The molecule has 0 aromatic heterocycles. The third-order valence-electron chi connectivity index (χ3n) is 4.62. The summed E-state index contributed by atoms with van der Waals surface area (Å²) in [7, 11) is -3.99. The van der Waals surface area contributed by atoms with E-state index in [0.29, 0.717) is 5.56 Å². The molecule has 1 fully saturated rings. The summed E-state index contributed by atoms with van der Waals surface area (Å²) < 4.78 is 30.8. The minimum atomic E-state index is -3.99. The highest BCUT2D eigenvalue weighted by molar-refractivity contribution is 7.92. The van der Waals surface area contributed by atoms with Gasteiger partial charge in [0.25, 0.3) is 0 Å². The Labute approximate surface area is 156 Å². The van der Waals surface area contributed by atoms with E-state index in [2.05, 4.69) is 0 Å². The van der Waals surface area contributed by atoms with Crippen LogP contribution in [0, 0.1) is 0 Å². The summed E-state index contributed by atoms with van der Waals surface area (Å²) in [4.78, 5) is 11.8. The average molecular weight is 392 g/mol. The molecule has 2 aromatic rings. The summed E-state index contributed by atoms with van der Waals surface area (Å²) >= 11 is 0. The Balaban J connectivity index is 1.86. The molecule has 1 saturated heterocycles. The summed E-state index contributed by atoms with van der Waals surface area (Å²) in [6.45, 7) is 0. The van der Waals surface area contributed by atoms with Crippen LogP contribution in [-0.2, 0) is 19.4 Å². The smallest absolute Gasteiger partial charge is 0.307 e. The standard InChI is InChI=1S/C19H20O7S/c20-15-11-14(27(24,25)13-9-5-2-6-10-13)19(26-15)18(23)17(22)16(21)12-7-3-1-4-8-12/h1-10,14,16-19,21-23H,11H2/t14?,16-,17-,18+,19+/m1/s1. The Morgan fingerprint density at radius 2 is 1.48 bits per heavy atom. The van der Waals surface area contributed by atoms with Crippen molar-refractivity contribution in [2.45, 2.75) is 41.0 Å². The van der Waals surface area contributed by atoms with Crippen LogP contribution in [0.15, 0.2) is 65.6 Å². The topological polar surface area (TPSA) is 121 Å². The normalized spacial score (nSPS) is 23.4. The van der Waals surface area contributed by atoms with E-state index in [0.717, 1.165) is 0 Å². The van der Waals surface area contributed by atoms with Crippen LogP contribution in [0.1, 0.15) is 18.1 Å². The highest BCUT2D eigenvalue weighted by Gasteiger charge is 2.50. The van der Waals surface area contributed by atoms with Crippen LogP contribution < -0.4 is 0 Å². The Morgan fingerprint density at radius 3 is 2.07 bits per heavy atom. The van der Waals surface area contributed by atoms with Crippen molar-refractivity contribution in [3.8, 4) is 0 Å². The average Bonchev–Trinajstić information content (AvgIpc) is 3.10. The number of sulfone groups is 1. The van der Waals surface area contributed by atoms with Gasteiger partial charge in [0, 0.05) is 0 Å². The highest BCUT2D eigenvalue weighted by atomic mass is 32.2. The van der Waals surface area contributed by atoms with Crippen LogP contribution in [0.5, 0.6) is 0 Å². The number of ether oxygens (including phenoxy) is 1. The van der Waals surface area contributed by atoms with Crippen molar-refractivity contribution in [3.05, 3.63) is 66.2 Å². The number of carbonyl (C=O) groups is 1. The summed E-state index contributed by atoms with van der Waals surface area (Å²) in [5, 5.41) is 29.8. The molecule has 0 bridgehead atoms. The first-order chi connectivity index (χ1) is 12.8. The largest absolute Gasteiger partial charge is 0.458 e. The number of hydrogen-bond acceptors (Lipinski definition) is 7. The van der Waals surface area contributed by atoms with Crippen LogP contribution in [0.3, 0.4) is 0 Å². The van der Waals surface area contributed by atoms with Gasteiger partial charge in [0.1, 0.15) is 29.7 Å². The number of cyclic esters (lactones) is 1. The molecule has 2 aromatic carbocycles. The predicted octanol–water partition coefficient (Wildman–Crippen LogP) is 0.600. The van der Waals surface area contributed by atoms with Crippen molar-refractivity contribution in [3.63, 3.8) is 0 Å². The van der Waals surface area contributed by atoms with E-state index in [1.165, 1.54) is 12.1 Å². The number of benzene rings is 2. The van der Waals surface area contributed by atoms with Crippen molar-refractivity contribution >= 4 is 15.8 Å². The number of esters is 1. The van der Waals surface area contributed by atoms with Gasteiger partial charge in [0.15, 0.2) is 9.84 Å². The zero-order valence-electron chi connectivity index (χ0n) is 14.3. The molecule has 1 aliphatic rings. The van der Waals surface area contributed by atoms with E-state index < -0.39 is 51.9 Å². The first kappa shape index (κ1) is 19.5. The van der Waals surface area contributed by atoms with E-state index in [1.807, 2.05) is 0 Å². The van der Waals surface area contributed by atoms with E-state index in [-0.39, 0.29) is 4.90 Å². The van der Waals surface area contributed by atoms with E-state index in [4.69, 9.17) is 4.74 Å². The van der Waals surface area contributed by atoms with Gasteiger partial charge in [-0.2, -0.15) is 0 Å². The second-order valence-corrected chi connectivity index (χ2v) is 8.56. The molecule has 0 amide bonds. The lowest BCUT2D eigenvalue weighted by molar-refractivity contribution is -0.153. The van der Waals surface area contributed by atoms with Crippen LogP contribution >= 0.6 is 0 Å². The molecule has 27 heavy (non-hydrogen) atoms. The quantitative estimate of drug-likeness (QED) is 0.616. The third kappa shape index (κ3) is 3.89. The molecule has 1 aliphatic heterocycles. The zero-order chi connectivity index (χ0) is 19.6. The predicted molar refractivity (Wildman–Crippen MR) is 95.3 cm³/mol. The molecule has 0 radical (unpaired) electrons. The SMILES string of the molecule is O=C1CC(S(=O)(=O)c2ccccc2)[C@@H]([C@@H](O)[C@H](O)[C@H](O)c2ccccc2)O1. The lowest BCUT2D eigenvalue weighted by Gasteiger charge is -2.29. The van der Waals surface area contributed by atoms with Gasteiger partial charge >= 0.3 is 5.97 Å². The van der Waals surface area contributed by atoms with Gasteiger partial charge in [0.2, 0.25) is 0 Å². The summed E-state index contributed by atoms with van der Waals surface area (Å²) in [6.07, 6.45) is -6.92. The number of aliphatic hydroxyl groups is 3. The third-order valence-corrected chi connectivity index (χ3v) is 6.78. The molecule has 0 spiro atoms. The molecule has 3 rings (SSSR count).